The van der Waals surface area contributed by atoms with Gasteiger partial charge in [0.05, 0.1) is 7.11 Å². The van der Waals surface area contributed by atoms with E-state index in [0.717, 1.165) is 11.3 Å². The Morgan fingerprint density at radius 3 is 2.13 bits per heavy atom. The van der Waals surface area contributed by atoms with Crippen LogP contribution in [0, 0.1) is 0 Å². The van der Waals surface area contributed by atoms with Gasteiger partial charge in [-0.2, -0.15) is 0 Å². The maximum Gasteiger partial charge on any atom is 0.257 e. The summed E-state index contributed by atoms with van der Waals surface area (Å²) in [6, 6.07) is 23.5. The van der Waals surface area contributed by atoms with Gasteiger partial charge >= 0.3 is 0 Å². The number of carbonyl (C=O) groups is 1. The highest BCUT2D eigenvalue weighted by Gasteiger charge is 2.17. The molecule has 0 fully saturated rings. The molecule has 0 amide bonds. The number of benzene rings is 3. The van der Waals surface area contributed by atoms with Crippen molar-refractivity contribution in [1.29, 1.82) is 0 Å². The van der Waals surface area contributed by atoms with E-state index in [4.69, 9.17) is 13.9 Å². The van der Waals surface area contributed by atoms with Gasteiger partial charge < -0.3 is 13.9 Å². The van der Waals surface area contributed by atoms with Crippen molar-refractivity contribution in [3.8, 4) is 23.0 Å². The highest BCUT2D eigenvalue weighted by atomic mass is 16.5. The molecule has 0 aliphatic carbocycles. The van der Waals surface area contributed by atoms with Gasteiger partial charge in [-0.05, 0) is 55.5 Å². The molecule has 0 saturated heterocycles. The van der Waals surface area contributed by atoms with Crippen LogP contribution < -0.4 is 9.47 Å². The molecular weight excluding hydrogens is 380 g/mol. The first-order valence-corrected chi connectivity index (χ1v) is 9.48. The van der Waals surface area contributed by atoms with Crippen molar-refractivity contribution in [3.05, 3.63) is 95.9 Å². The third kappa shape index (κ3) is 4.22. The zero-order valence-electron chi connectivity index (χ0n) is 16.6. The maximum absolute atomic E-state index is 12.5. The lowest BCUT2D eigenvalue weighted by atomic mass is 10.0. The molecule has 3 aromatic carbocycles. The van der Waals surface area contributed by atoms with Gasteiger partial charge in [-0.3, -0.25) is 4.79 Å². The van der Waals surface area contributed by atoms with Crippen LogP contribution in [0.2, 0.25) is 0 Å². The fraction of sp³-hybridized carbons (Fsp3) is 0.125. The van der Waals surface area contributed by atoms with E-state index < -0.39 is 6.10 Å². The summed E-state index contributed by atoms with van der Waals surface area (Å²) < 4.78 is 16.8. The molecule has 4 aromatic rings. The van der Waals surface area contributed by atoms with Crippen molar-refractivity contribution < 1.29 is 18.7 Å². The van der Waals surface area contributed by atoms with Crippen molar-refractivity contribution in [2.45, 2.75) is 13.0 Å². The first kappa shape index (κ1) is 19.4. The number of carbonyl (C=O) groups excluding carboxylic acids is 1. The van der Waals surface area contributed by atoms with Gasteiger partial charge in [0.2, 0.25) is 5.89 Å². The molecular formula is C24H20N2O4. The second-order valence-electron chi connectivity index (χ2n) is 6.65. The van der Waals surface area contributed by atoms with Crippen molar-refractivity contribution in [2.75, 3.05) is 7.11 Å². The average molecular weight is 400 g/mol. The van der Waals surface area contributed by atoms with Crippen LogP contribution >= 0.6 is 0 Å². The topological polar surface area (TPSA) is 74.5 Å². The van der Waals surface area contributed by atoms with Crippen LogP contribution in [0.4, 0.5) is 0 Å². The van der Waals surface area contributed by atoms with Crippen molar-refractivity contribution in [2.24, 2.45) is 0 Å². The molecule has 0 unspecified atom stereocenters. The highest BCUT2D eigenvalue weighted by Crippen LogP contribution is 2.26. The molecule has 150 valence electrons. The quantitative estimate of drug-likeness (QED) is 0.401. The van der Waals surface area contributed by atoms with E-state index in [0.29, 0.717) is 28.7 Å². The zero-order valence-corrected chi connectivity index (χ0v) is 16.6. The lowest BCUT2D eigenvalue weighted by Gasteiger charge is -2.11. The van der Waals surface area contributed by atoms with E-state index in [-0.39, 0.29) is 5.78 Å². The third-order valence-electron chi connectivity index (χ3n) is 4.59. The zero-order chi connectivity index (χ0) is 20.9. The minimum atomic E-state index is -0.444. The third-order valence-corrected chi connectivity index (χ3v) is 4.59. The molecule has 1 aromatic heterocycles. The molecule has 1 atom stereocenters. The van der Waals surface area contributed by atoms with E-state index in [1.807, 2.05) is 49.4 Å². The second-order valence-corrected chi connectivity index (χ2v) is 6.65. The van der Waals surface area contributed by atoms with Gasteiger partial charge in [0.15, 0.2) is 11.9 Å². The summed E-state index contributed by atoms with van der Waals surface area (Å²) in [4.78, 5) is 12.5. The minimum Gasteiger partial charge on any atom is -0.497 e. The standard InChI is InChI=1S/C24H20N2O4/c1-16(23-25-26-24(30-23)19-10-12-20(28-2)13-11-19)29-21-14-8-18(9-15-21)22(27)17-6-4-3-5-7-17/h3-16H,1-2H3/t16-/m0/s1. The van der Waals surface area contributed by atoms with E-state index in [1.165, 1.54) is 0 Å². The summed E-state index contributed by atoms with van der Waals surface area (Å²) in [5, 5.41) is 8.18. The highest BCUT2D eigenvalue weighted by molar-refractivity contribution is 6.08. The van der Waals surface area contributed by atoms with E-state index in [1.54, 1.807) is 43.5 Å². The fourth-order valence-corrected chi connectivity index (χ4v) is 2.94. The van der Waals surface area contributed by atoms with Crippen LogP contribution in [0.15, 0.2) is 83.3 Å². The average Bonchev–Trinajstić information content (AvgIpc) is 3.30. The molecule has 4 rings (SSSR count). The summed E-state index contributed by atoms with van der Waals surface area (Å²) in [5.41, 5.74) is 2.04. The summed E-state index contributed by atoms with van der Waals surface area (Å²) in [6.45, 7) is 1.83. The van der Waals surface area contributed by atoms with Crippen molar-refractivity contribution >= 4 is 5.78 Å². The number of rotatable bonds is 7. The Morgan fingerprint density at radius 2 is 1.47 bits per heavy atom. The van der Waals surface area contributed by atoms with Crippen LogP contribution in [0.5, 0.6) is 11.5 Å². The lowest BCUT2D eigenvalue weighted by Crippen LogP contribution is -2.04. The van der Waals surface area contributed by atoms with Gasteiger partial charge in [-0.15, -0.1) is 10.2 Å². The van der Waals surface area contributed by atoms with Crippen LogP contribution in [-0.2, 0) is 0 Å². The number of hydrogen-bond acceptors (Lipinski definition) is 6. The van der Waals surface area contributed by atoms with E-state index >= 15 is 0 Å². The molecule has 30 heavy (non-hydrogen) atoms. The smallest absolute Gasteiger partial charge is 0.257 e. The number of ketones is 1. The SMILES string of the molecule is COc1ccc(-c2nnc([C@H](C)Oc3ccc(C(=O)c4ccccc4)cc3)o2)cc1. The minimum absolute atomic E-state index is 0.0313. The van der Waals surface area contributed by atoms with Crippen molar-refractivity contribution in [1.82, 2.24) is 10.2 Å². The summed E-state index contributed by atoms with van der Waals surface area (Å²) in [7, 11) is 1.61. The van der Waals surface area contributed by atoms with Gasteiger partial charge in [-0.1, -0.05) is 30.3 Å². The van der Waals surface area contributed by atoms with Crippen LogP contribution in [0.3, 0.4) is 0 Å². The number of ether oxygens (including phenoxy) is 2. The maximum atomic E-state index is 12.5. The summed E-state index contributed by atoms with van der Waals surface area (Å²) >= 11 is 0. The first-order valence-electron chi connectivity index (χ1n) is 9.48. The largest absolute Gasteiger partial charge is 0.497 e. The molecule has 6 heteroatoms. The normalized spacial score (nSPS) is 11.7. The van der Waals surface area contributed by atoms with Gasteiger partial charge in [0, 0.05) is 16.7 Å². The van der Waals surface area contributed by atoms with E-state index in [2.05, 4.69) is 10.2 Å². The Balaban J connectivity index is 1.43. The Labute approximate surface area is 174 Å². The second kappa shape index (κ2) is 8.61. The molecule has 0 aliphatic heterocycles. The molecule has 1 heterocycles. The number of aromatic nitrogens is 2. The monoisotopic (exact) mass is 400 g/mol. The molecule has 6 nitrogen and oxygen atoms in total. The molecule has 0 N–H and O–H groups in total. The van der Waals surface area contributed by atoms with Crippen LogP contribution in [0.25, 0.3) is 11.5 Å². The predicted octanol–water partition coefficient (Wildman–Crippen LogP) is 5.12. The Morgan fingerprint density at radius 1 is 0.833 bits per heavy atom. The number of nitrogens with zero attached hydrogens (tertiary/aromatic N) is 2. The molecule has 0 spiro atoms. The summed E-state index contributed by atoms with van der Waals surface area (Å²) in [5.74, 6) is 2.11. The fourth-order valence-electron chi connectivity index (χ4n) is 2.94. The first-order chi connectivity index (χ1) is 14.6. The molecule has 0 radical (unpaired) electrons. The lowest BCUT2D eigenvalue weighted by molar-refractivity contribution is 0.103. The Hall–Kier alpha value is -3.93. The summed E-state index contributed by atoms with van der Waals surface area (Å²) in [6.07, 6.45) is -0.444. The molecule has 0 aliphatic rings. The van der Waals surface area contributed by atoms with Crippen molar-refractivity contribution in [3.63, 3.8) is 0 Å². The van der Waals surface area contributed by atoms with Crippen LogP contribution in [-0.4, -0.2) is 23.1 Å². The van der Waals surface area contributed by atoms with Crippen LogP contribution in [0.1, 0.15) is 34.8 Å². The van der Waals surface area contributed by atoms with E-state index in [9.17, 15) is 4.79 Å². The Bertz CT molecular complexity index is 1120. The predicted molar refractivity (Wildman–Crippen MR) is 112 cm³/mol. The number of methoxy groups -OCH3 is 1. The molecule has 0 saturated carbocycles. The Kier molecular flexibility index (Phi) is 5.57. The van der Waals surface area contributed by atoms with Gasteiger partial charge in [0.25, 0.3) is 5.89 Å². The van der Waals surface area contributed by atoms with Gasteiger partial charge in [-0.25, -0.2) is 0 Å². The number of hydrogen-bond donors (Lipinski definition) is 0. The van der Waals surface area contributed by atoms with Gasteiger partial charge in [0.1, 0.15) is 11.5 Å². The molecule has 0 bridgehead atoms.